The van der Waals surface area contributed by atoms with Gasteiger partial charge in [-0.15, -0.1) is 0 Å². The summed E-state index contributed by atoms with van der Waals surface area (Å²) in [4.78, 5) is 40.3. The molecule has 0 saturated carbocycles. The summed E-state index contributed by atoms with van der Waals surface area (Å²) in [5.41, 5.74) is 1.13. The number of anilines is 2. The number of hydrogen-bond acceptors (Lipinski definition) is 5. The van der Waals surface area contributed by atoms with Gasteiger partial charge in [0.2, 0.25) is 11.7 Å². The van der Waals surface area contributed by atoms with Gasteiger partial charge in [0.1, 0.15) is 11.3 Å². The van der Waals surface area contributed by atoms with Gasteiger partial charge in [0.05, 0.1) is 13.2 Å². The van der Waals surface area contributed by atoms with Crippen LogP contribution in [0, 0.1) is 5.41 Å². The number of fused-ring (bicyclic) bond motifs is 1. The fraction of sp³-hybridized carbons (Fsp3) is 0.320. The van der Waals surface area contributed by atoms with Crippen molar-refractivity contribution in [3.05, 3.63) is 59.9 Å². The highest BCUT2D eigenvalue weighted by Crippen LogP contribution is 2.32. The van der Waals surface area contributed by atoms with Crippen LogP contribution in [0.3, 0.4) is 0 Å². The summed E-state index contributed by atoms with van der Waals surface area (Å²) in [5.74, 6) is -0.775. The third kappa shape index (κ3) is 4.90. The van der Waals surface area contributed by atoms with Crippen LogP contribution in [-0.2, 0) is 9.53 Å². The summed E-state index contributed by atoms with van der Waals surface area (Å²) in [6.45, 7) is 7.28. The number of amides is 3. The first-order valence-corrected chi connectivity index (χ1v) is 10.9. The van der Waals surface area contributed by atoms with E-state index in [9.17, 15) is 14.4 Å². The lowest BCUT2D eigenvalue weighted by atomic mass is 9.95. The zero-order valence-corrected chi connectivity index (χ0v) is 18.9. The Morgan fingerprint density at radius 2 is 1.67 bits per heavy atom. The summed E-state index contributed by atoms with van der Waals surface area (Å²) in [6, 6.07) is 13.8. The van der Waals surface area contributed by atoms with Crippen LogP contribution in [0.1, 0.15) is 41.7 Å². The van der Waals surface area contributed by atoms with E-state index < -0.39 is 11.3 Å². The van der Waals surface area contributed by atoms with E-state index in [0.717, 1.165) is 0 Å². The predicted molar refractivity (Wildman–Crippen MR) is 125 cm³/mol. The third-order valence-electron chi connectivity index (χ3n) is 5.39. The standard InChI is InChI=1S/C25H27N3O5/c1-25(2,3)24(31)26-17-8-6-7-16(15-17)22(29)27-20-18-9-4-5-10-19(18)33-21(20)23(30)28-11-13-32-14-12-28/h4-10,15H,11-14H2,1-3H3,(H,26,31)(H,27,29). The van der Waals surface area contributed by atoms with Crippen molar-refractivity contribution in [1.82, 2.24) is 4.90 Å². The van der Waals surface area contributed by atoms with Crippen molar-refractivity contribution in [2.75, 3.05) is 36.9 Å². The van der Waals surface area contributed by atoms with Gasteiger partial charge in [0.25, 0.3) is 11.8 Å². The molecule has 172 valence electrons. The molecule has 0 unspecified atom stereocenters. The van der Waals surface area contributed by atoms with Gasteiger partial charge in [-0.3, -0.25) is 14.4 Å². The minimum absolute atomic E-state index is 0.0867. The van der Waals surface area contributed by atoms with Crippen LogP contribution in [0.2, 0.25) is 0 Å². The molecule has 0 radical (unpaired) electrons. The maximum atomic E-state index is 13.2. The summed E-state index contributed by atoms with van der Waals surface area (Å²) >= 11 is 0. The van der Waals surface area contributed by atoms with Gasteiger partial charge in [0.15, 0.2) is 0 Å². The highest BCUT2D eigenvalue weighted by atomic mass is 16.5. The maximum Gasteiger partial charge on any atom is 0.291 e. The first-order valence-electron chi connectivity index (χ1n) is 10.9. The molecule has 8 heteroatoms. The number of morpholine rings is 1. The first kappa shape index (κ1) is 22.5. The molecule has 2 aromatic carbocycles. The van der Waals surface area contributed by atoms with E-state index in [4.69, 9.17) is 9.15 Å². The second-order valence-electron chi connectivity index (χ2n) is 8.95. The van der Waals surface area contributed by atoms with Crippen LogP contribution in [0.25, 0.3) is 11.0 Å². The van der Waals surface area contributed by atoms with Crippen molar-refractivity contribution in [3.63, 3.8) is 0 Å². The molecular weight excluding hydrogens is 422 g/mol. The Morgan fingerprint density at radius 1 is 0.939 bits per heavy atom. The van der Waals surface area contributed by atoms with E-state index in [1.54, 1.807) is 41.3 Å². The smallest absolute Gasteiger partial charge is 0.291 e. The van der Waals surface area contributed by atoms with Crippen molar-refractivity contribution in [3.8, 4) is 0 Å². The number of benzene rings is 2. The number of nitrogens with zero attached hydrogens (tertiary/aromatic N) is 1. The number of ether oxygens (including phenoxy) is 1. The van der Waals surface area contributed by atoms with E-state index in [1.807, 2.05) is 32.9 Å². The summed E-state index contributed by atoms with van der Waals surface area (Å²) in [7, 11) is 0. The van der Waals surface area contributed by atoms with Crippen LogP contribution in [0.15, 0.2) is 52.9 Å². The Morgan fingerprint density at radius 3 is 2.39 bits per heavy atom. The van der Waals surface area contributed by atoms with Gasteiger partial charge in [-0.2, -0.15) is 0 Å². The molecule has 0 atom stereocenters. The van der Waals surface area contributed by atoms with Gasteiger partial charge >= 0.3 is 0 Å². The second-order valence-corrected chi connectivity index (χ2v) is 8.95. The van der Waals surface area contributed by atoms with Gasteiger partial charge in [-0.25, -0.2) is 0 Å². The number of para-hydroxylation sites is 1. The Bertz CT molecular complexity index is 1200. The molecule has 1 aliphatic heterocycles. The first-order chi connectivity index (χ1) is 15.7. The maximum absolute atomic E-state index is 13.2. The molecular formula is C25H27N3O5. The molecule has 8 nitrogen and oxygen atoms in total. The minimum Gasteiger partial charge on any atom is -0.449 e. The second kappa shape index (κ2) is 9.07. The van der Waals surface area contributed by atoms with Crippen LogP contribution in [0.4, 0.5) is 11.4 Å². The van der Waals surface area contributed by atoms with E-state index in [1.165, 1.54) is 0 Å². The van der Waals surface area contributed by atoms with Gasteiger partial charge in [-0.05, 0) is 30.3 Å². The normalized spacial score (nSPS) is 14.2. The molecule has 1 aromatic heterocycles. The molecule has 3 amide bonds. The fourth-order valence-corrected chi connectivity index (χ4v) is 3.47. The highest BCUT2D eigenvalue weighted by molar-refractivity contribution is 6.14. The molecule has 3 aromatic rings. The lowest BCUT2D eigenvalue weighted by Crippen LogP contribution is -2.40. The molecule has 2 heterocycles. The molecule has 0 bridgehead atoms. The molecule has 0 aliphatic carbocycles. The number of carbonyl (C=O) groups excluding carboxylic acids is 3. The van der Waals surface area contributed by atoms with E-state index in [-0.39, 0.29) is 17.6 Å². The quantitative estimate of drug-likeness (QED) is 0.623. The predicted octanol–water partition coefficient (Wildman–Crippen LogP) is 4.14. The SMILES string of the molecule is CC(C)(C)C(=O)Nc1cccc(C(=O)Nc2c(C(=O)N3CCOCC3)oc3ccccc23)c1. The number of nitrogens with one attached hydrogen (secondary N) is 2. The van der Waals surface area contributed by atoms with Gasteiger partial charge < -0.3 is 24.7 Å². The number of furan rings is 1. The van der Waals surface area contributed by atoms with Crippen molar-refractivity contribution >= 4 is 40.1 Å². The highest BCUT2D eigenvalue weighted by Gasteiger charge is 2.28. The molecule has 4 rings (SSSR count). The Balaban J connectivity index is 1.62. The molecule has 0 spiro atoms. The Hall–Kier alpha value is -3.65. The summed E-state index contributed by atoms with van der Waals surface area (Å²) < 4.78 is 11.2. The molecule has 1 fully saturated rings. The van der Waals surface area contributed by atoms with Crippen LogP contribution >= 0.6 is 0 Å². The average molecular weight is 450 g/mol. The largest absolute Gasteiger partial charge is 0.449 e. The lowest BCUT2D eigenvalue weighted by Gasteiger charge is -2.26. The monoisotopic (exact) mass is 449 g/mol. The van der Waals surface area contributed by atoms with Crippen molar-refractivity contribution < 1.29 is 23.5 Å². The molecule has 1 saturated heterocycles. The molecule has 2 N–H and O–H groups in total. The third-order valence-corrected chi connectivity index (χ3v) is 5.39. The van der Waals surface area contributed by atoms with E-state index in [0.29, 0.717) is 54.2 Å². The Kier molecular flexibility index (Phi) is 6.20. The molecule has 33 heavy (non-hydrogen) atoms. The molecule has 1 aliphatic rings. The van der Waals surface area contributed by atoms with Crippen LogP contribution < -0.4 is 10.6 Å². The van der Waals surface area contributed by atoms with Gasteiger partial charge in [-0.1, -0.05) is 39.0 Å². The van der Waals surface area contributed by atoms with Crippen LogP contribution in [-0.4, -0.2) is 48.9 Å². The number of carbonyl (C=O) groups is 3. The summed E-state index contributed by atoms with van der Waals surface area (Å²) in [5, 5.41) is 6.32. The van der Waals surface area contributed by atoms with Crippen molar-refractivity contribution in [2.24, 2.45) is 5.41 Å². The van der Waals surface area contributed by atoms with Crippen LogP contribution in [0.5, 0.6) is 0 Å². The van der Waals surface area contributed by atoms with E-state index >= 15 is 0 Å². The van der Waals surface area contributed by atoms with Crippen molar-refractivity contribution in [1.29, 1.82) is 0 Å². The zero-order chi connectivity index (χ0) is 23.6. The number of rotatable bonds is 4. The minimum atomic E-state index is -0.567. The topological polar surface area (TPSA) is 101 Å². The Labute approximate surface area is 191 Å². The fourth-order valence-electron chi connectivity index (χ4n) is 3.47. The average Bonchev–Trinajstić information content (AvgIpc) is 3.17. The lowest BCUT2D eigenvalue weighted by molar-refractivity contribution is -0.123. The zero-order valence-electron chi connectivity index (χ0n) is 18.9. The van der Waals surface area contributed by atoms with E-state index in [2.05, 4.69) is 10.6 Å². The summed E-state index contributed by atoms with van der Waals surface area (Å²) in [6.07, 6.45) is 0. The van der Waals surface area contributed by atoms with Gasteiger partial charge in [0, 0.05) is 35.1 Å². The number of hydrogen-bond donors (Lipinski definition) is 2. The van der Waals surface area contributed by atoms with Crippen molar-refractivity contribution in [2.45, 2.75) is 20.8 Å².